The molecule has 1 unspecified atom stereocenters. The second-order valence-corrected chi connectivity index (χ2v) is 4.83. The lowest BCUT2D eigenvalue weighted by Gasteiger charge is -2.24. The summed E-state index contributed by atoms with van der Waals surface area (Å²) in [6.07, 6.45) is 9.32. The number of hydrogen-bond acceptors (Lipinski definition) is 1. The van der Waals surface area contributed by atoms with Gasteiger partial charge in [0.25, 0.3) is 0 Å². The predicted molar refractivity (Wildman–Crippen MR) is 66.9 cm³/mol. The Balaban J connectivity index is 4.58. The van der Waals surface area contributed by atoms with Gasteiger partial charge in [-0.25, -0.2) is 0 Å². The van der Waals surface area contributed by atoms with Crippen molar-refractivity contribution in [2.75, 3.05) is 0 Å². The molecule has 0 aromatic carbocycles. The molecule has 1 atom stereocenters. The van der Waals surface area contributed by atoms with E-state index >= 15 is 0 Å². The van der Waals surface area contributed by atoms with Crippen LogP contribution in [0.2, 0.25) is 0 Å². The summed E-state index contributed by atoms with van der Waals surface area (Å²) in [5.74, 6) is 0.134. The number of hydrogen-bond donors (Lipinski definition) is 0. The van der Waals surface area contributed by atoms with Crippen molar-refractivity contribution < 1.29 is 4.79 Å². The van der Waals surface area contributed by atoms with Gasteiger partial charge in [0.15, 0.2) is 5.78 Å². The number of carbonyl (C=O) groups excluding carboxylic acids is 1. The van der Waals surface area contributed by atoms with Crippen LogP contribution in [0.25, 0.3) is 0 Å². The van der Waals surface area contributed by atoms with Gasteiger partial charge in [-0.05, 0) is 45.1 Å². The standard InChI is InChI=1S/C14H24O/c1-6-9-14(5,10-7-12(2)3)11-8-13(4)15/h7-8,11H,6,9-10H2,1-5H3/b11-8+. The Morgan fingerprint density at radius 1 is 1.27 bits per heavy atom. The number of carbonyl (C=O) groups is 1. The van der Waals surface area contributed by atoms with Gasteiger partial charge in [0.1, 0.15) is 0 Å². The fourth-order valence-electron chi connectivity index (χ4n) is 1.58. The third kappa shape index (κ3) is 7.12. The van der Waals surface area contributed by atoms with Crippen molar-refractivity contribution >= 4 is 5.78 Å². The van der Waals surface area contributed by atoms with Gasteiger partial charge in [0.2, 0.25) is 0 Å². The third-order valence-electron chi connectivity index (χ3n) is 2.52. The fraction of sp³-hybridized carbons (Fsp3) is 0.643. The van der Waals surface area contributed by atoms with E-state index in [2.05, 4.69) is 39.8 Å². The molecule has 0 heterocycles. The summed E-state index contributed by atoms with van der Waals surface area (Å²) in [6, 6.07) is 0. The highest BCUT2D eigenvalue weighted by Crippen LogP contribution is 2.30. The summed E-state index contributed by atoms with van der Waals surface area (Å²) in [5, 5.41) is 0. The molecule has 0 bridgehead atoms. The Morgan fingerprint density at radius 2 is 1.87 bits per heavy atom. The topological polar surface area (TPSA) is 17.1 Å². The van der Waals surface area contributed by atoms with Crippen molar-refractivity contribution in [1.29, 1.82) is 0 Å². The molecule has 15 heavy (non-hydrogen) atoms. The Labute approximate surface area is 94.3 Å². The molecule has 0 aliphatic heterocycles. The molecule has 0 saturated carbocycles. The maximum atomic E-state index is 10.9. The number of rotatable bonds is 6. The summed E-state index contributed by atoms with van der Waals surface area (Å²) in [7, 11) is 0. The van der Waals surface area contributed by atoms with Gasteiger partial charge < -0.3 is 0 Å². The largest absolute Gasteiger partial charge is 0.295 e. The van der Waals surface area contributed by atoms with E-state index in [1.54, 1.807) is 13.0 Å². The normalized spacial score (nSPS) is 15.0. The van der Waals surface area contributed by atoms with E-state index in [0.29, 0.717) is 0 Å². The Kier molecular flexibility index (Phi) is 6.23. The Hall–Kier alpha value is -0.850. The number of ketones is 1. The second-order valence-electron chi connectivity index (χ2n) is 4.83. The zero-order valence-electron chi connectivity index (χ0n) is 10.8. The average Bonchev–Trinajstić information content (AvgIpc) is 2.13. The molecule has 1 nitrogen and oxygen atoms in total. The first-order valence-electron chi connectivity index (χ1n) is 5.73. The van der Waals surface area contributed by atoms with Crippen molar-refractivity contribution in [3.63, 3.8) is 0 Å². The van der Waals surface area contributed by atoms with Crippen LogP contribution in [-0.2, 0) is 4.79 Å². The lowest BCUT2D eigenvalue weighted by atomic mass is 9.81. The van der Waals surface area contributed by atoms with Crippen LogP contribution >= 0.6 is 0 Å². The minimum Gasteiger partial charge on any atom is -0.295 e. The number of allylic oxidation sites excluding steroid dienone is 4. The van der Waals surface area contributed by atoms with Gasteiger partial charge in [-0.2, -0.15) is 0 Å². The smallest absolute Gasteiger partial charge is 0.152 e. The molecular formula is C14H24O. The van der Waals surface area contributed by atoms with Gasteiger partial charge >= 0.3 is 0 Å². The monoisotopic (exact) mass is 208 g/mol. The van der Waals surface area contributed by atoms with E-state index in [9.17, 15) is 4.79 Å². The van der Waals surface area contributed by atoms with Crippen molar-refractivity contribution in [2.24, 2.45) is 5.41 Å². The maximum Gasteiger partial charge on any atom is 0.152 e. The fourth-order valence-corrected chi connectivity index (χ4v) is 1.58. The quantitative estimate of drug-likeness (QED) is 0.470. The van der Waals surface area contributed by atoms with Gasteiger partial charge in [0.05, 0.1) is 0 Å². The van der Waals surface area contributed by atoms with Crippen molar-refractivity contribution in [3.05, 3.63) is 23.8 Å². The summed E-state index contributed by atoms with van der Waals surface area (Å²) in [6.45, 7) is 10.2. The van der Waals surface area contributed by atoms with E-state index < -0.39 is 0 Å². The Morgan fingerprint density at radius 3 is 2.27 bits per heavy atom. The molecule has 0 aromatic heterocycles. The van der Waals surface area contributed by atoms with Crippen LogP contribution in [0.3, 0.4) is 0 Å². The molecule has 0 amide bonds. The summed E-state index contributed by atoms with van der Waals surface area (Å²) < 4.78 is 0. The average molecular weight is 208 g/mol. The summed E-state index contributed by atoms with van der Waals surface area (Å²) in [4.78, 5) is 10.9. The zero-order valence-corrected chi connectivity index (χ0v) is 10.8. The molecule has 0 N–H and O–H groups in total. The molecule has 0 radical (unpaired) electrons. The summed E-state index contributed by atoms with van der Waals surface area (Å²) >= 11 is 0. The molecule has 0 saturated heterocycles. The first-order valence-corrected chi connectivity index (χ1v) is 5.73. The highest BCUT2D eigenvalue weighted by Gasteiger charge is 2.18. The maximum absolute atomic E-state index is 10.9. The van der Waals surface area contributed by atoms with Gasteiger partial charge in [-0.15, -0.1) is 0 Å². The van der Waals surface area contributed by atoms with Crippen molar-refractivity contribution in [2.45, 2.75) is 53.9 Å². The predicted octanol–water partition coefficient (Wildman–Crippen LogP) is 4.29. The van der Waals surface area contributed by atoms with Crippen LogP contribution < -0.4 is 0 Å². The highest BCUT2D eigenvalue weighted by molar-refractivity contribution is 5.87. The molecular weight excluding hydrogens is 184 g/mol. The second kappa shape index (κ2) is 6.60. The molecule has 1 heteroatoms. The van der Waals surface area contributed by atoms with Crippen LogP contribution in [-0.4, -0.2) is 5.78 Å². The van der Waals surface area contributed by atoms with E-state index in [1.165, 1.54) is 5.57 Å². The Bertz CT molecular complexity index is 257. The van der Waals surface area contributed by atoms with Crippen molar-refractivity contribution in [3.8, 4) is 0 Å². The highest BCUT2D eigenvalue weighted by atomic mass is 16.1. The van der Waals surface area contributed by atoms with Crippen LogP contribution in [0.4, 0.5) is 0 Å². The van der Waals surface area contributed by atoms with E-state index in [1.807, 2.05) is 0 Å². The third-order valence-corrected chi connectivity index (χ3v) is 2.52. The van der Waals surface area contributed by atoms with Gasteiger partial charge in [-0.1, -0.05) is 38.0 Å². The molecule has 0 aliphatic rings. The van der Waals surface area contributed by atoms with E-state index in [4.69, 9.17) is 0 Å². The van der Waals surface area contributed by atoms with Crippen molar-refractivity contribution in [1.82, 2.24) is 0 Å². The zero-order chi connectivity index (χ0) is 11.9. The van der Waals surface area contributed by atoms with Gasteiger partial charge in [-0.3, -0.25) is 4.79 Å². The molecule has 0 rings (SSSR count). The van der Waals surface area contributed by atoms with Crippen LogP contribution in [0, 0.1) is 5.41 Å². The minimum atomic E-state index is 0.134. The molecule has 0 aromatic rings. The lowest BCUT2D eigenvalue weighted by Crippen LogP contribution is -2.12. The van der Waals surface area contributed by atoms with Crippen LogP contribution in [0.15, 0.2) is 23.8 Å². The van der Waals surface area contributed by atoms with E-state index in [-0.39, 0.29) is 11.2 Å². The first-order chi connectivity index (χ1) is 6.89. The van der Waals surface area contributed by atoms with Crippen LogP contribution in [0.5, 0.6) is 0 Å². The minimum absolute atomic E-state index is 0.134. The lowest BCUT2D eigenvalue weighted by molar-refractivity contribution is -0.112. The molecule has 0 fully saturated rings. The SMILES string of the molecule is CCCC(C)(/C=C/C(C)=O)CC=C(C)C. The molecule has 0 aliphatic carbocycles. The van der Waals surface area contributed by atoms with E-state index in [0.717, 1.165) is 19.3 Å². The molecule has 0 spiro atoms. The van der Waals surface area contributed by atoms with Gasteiger partial charge in [0, 0.05) is 0 Å². The summed E-state index contributed by atoms with van der Waals surface area (Å²) in [5.41, 5.74) is 1.48. The first kappa shape index (κ1) is 14.2. The molecule has 86 valence electrons. The van der Waals surface area contributed by atoms with Crippen LogP contribution in [0.1, 0.15) is 53.9 Å².